The van der Waals surface area contributed by atoms with Gasteiger partial charge in [0.05, 0.1) is 5.52 Å². The number of para-hydroxylation sites is 3. The molecule has 0 fully saturated rings. The largest absolute Gasteiger partial charge is 0.398 e. The molecule has 3 N–H and O–H groups in total. The first-order chi connectivity index (χ1) is 24.0. The van der Waals surface area contributed by atoms with Crippen LogP contribution < -0.4 is 21.6 Å². The standard InChI is InChI=1S/C46H41N3/c1-4-45-43(42-26-12-14-28-46(42)49(45)39-23-9-6-10-24-39)32-35(3)34(2)18-15-16-31-48-38-22-17-19-36(33-38)29-30-40(37-20-7-5-8-21-37)41-25-11-13-27-44(41)47/h4-28,30-33,48H,2-3,29,47H2,1H3/b18-15-,31-16-,40-30-,43-32-,45-4+. The van der Waals surface area contributed by atoms with Crippen molar-refractivity contribution in [2.75, 3.05) is 11.1 Å². The van der Waals surface area contributed by atoms with Gasteiger partial charge in [0, 0.05) is 44.8 Å². The molecule has 49 heavy (non-hydrogen) atoms. The van der Waals surface area contributed by atoms with Gasteiger partial charge in [-0.1, -0.05) is 135 Å². The number of anilines is 2. The summed E-state index contributed by atoms with van der Waals surface area (Å²) in [5.74, 6) is 0. The number of fused-ring (bicyclic) bond motifs is 1. The molecule has 5 aromatic carbocycles. The second kappa shape index (κ2) is 15.5. The Labute approximate surface area is 289 Å². The molecule has 0 saturated carbocycles. The number of nitrogens with one attached hydrogen (secondary N) is 1. The van der Waals surface area contributed by atoms with Crippen molar-refractivity contribution in [3.05, 3.63) is 216 Å². The number of nitrogens with two attached hydrogens (primary N) is 1. The number of allylic oxidation sites excluding steroid dienone is 6. The SMILES string of the molecule is C=C(/C=C\C=C/Nc1cccc(C/C=C(/c2ccccc2)c2ccccc2N)c1)C(=C)/C=c1\c(=C/C)n(-c2ccccc2)c2ccccc12. The average Bonchev–Trinajstić information content (AvgIpc) is 3.46. The Morgan fingerprint density at radius 1 is 0.755 bits per heavy atom. The molecule has 3 heteroatoms. The molecule has 0 aliphatic rings. The predicted molar refractivity (Wildman–Crippen MR) is 212 cm³/mol. The number of rotatable bonds is 11. The molecule has 0 atom stereocenters. The smallest absolute Gasteiger partial charge is 0.0540 e. The molecule has 0 unspecified atom stereocenters. The van der Waals surface area contributed by atoms with Crippen LogP contribution in [0.15, 0.2) is 188 Å². The van der Waals surface area contributed by atoms with E-state index >= 15 is 0 Å². The summed E-state index contributed by atoms with van der Waals surface area (Å²) < 4.78 is 2.30. The Hall–Kier alpha value is -6.32. The summed E-state index contributed by atoms with van der Waals surface area (Å²) in [5.41, 5.74) is 16.7. The lowest BCUT2D eigenvalue weighted by Crippen LogP contribution is -2.28. The van der Waals surface area contributed by atoms with Crippen LogP contribution in [0.4, 0.5) is 11.4 Å². The van der Waals surface area contributed by atoms with Crippen molar-refractivity contribution in [3.63, 3.8) is 0 Å². The highest BCUT2D eigenvalue weighted by molar-refractivity contribution is 5.86. The molecule has 0 radical (unpaired) electrons. The summed E-state index contributed by atoms with van der Waals surface area (Å²) in [4.78, 5) is 0. The zero-order valence-electron chi connectivity index (χ0n) is 27.9. The molecule has 6 rings (SSSR count). The number of aromatic nitrogens is 1. The fourth-order valence-corrected chi connectivity index (χ4v) is 6.07. The van der Waals surface area contributed by atoms with Crippen LogP contribution in [0.1, 0.15) is 23.6 Å². The third-order valence-corrected chi connectivity index (χ3v) is 8.53. The molecule has 0 spiro atoms. The van der Waals surface area contributed by atoms with Crippen molar-refractivity contribution in [1.29, 1.82) is 0 Å². The second-order valence-electron chi connectivity index (χ2n) is 11.8. The monoisotopic (exact) mass is 635 g/mol. The van der Waals surface area contributed by atoms with Crippen molar-refractivity contribution >= 4 is 40.0 Å². The van der Waals surface area contributed by atoms with E-state index in [-0.39, 0.29) is 0 Å². The highest BCUT2D eigenvalue weighted by Crippen LogP contribution is 2.28. The highest BCUT2D eigenvalue weighted by atomic mass is 15.0. The van der Waals surface area contributed by atoms with Crippen LogP contribution in [0.25, 0.3) is 34.3 Å². The third-order valence-electron chi connectivity index (χ3n) is 8.53. The maximum Gasteiger partial charge on any atom is 0.0540 e. The van der Waals surface area contributed by atoms with Gasteiger partial charge in [0.15, 0.2) is 0 Å². The van der Waals surface area contributed by atoms with Gasteiger partial charge in [-0.25, -0.2) is 0 Å². The topological polar surface area (TPSA) is 43.0 Å². The summed E-state index contributed by atoms with van der Waals surface area (Å²) in [6.07, 6.45) is 15.2. The lowest BCUT2D eigenvalue weighted by atomic mass is 9.94. The number of benzene rings is 5. The van der Waals surface area contributed by atoms with Crippen molar-refractivity contribution in [3.8, 4) is 5.69 Å². The van der Waals surface area contributed by atoms with E-state index in [1.54, 1.807) is 0 Å². The summed E-state index contributed by atoms with van der Waals surface area (Å²) in [7, 11) is 0. The summed E-state index contributed by atoms with van der Waals surface area (Å²) in [5, 5.41) is 6.85. The van der Waals surface area contributed by atoms with Crippen molar-refractivity contribution < 1.29 is 0 Å². The van der Waals surface area contributed by atoms with Gasteiger partial charge in [0.1, 0.15) is 0 Å². The van der Waals surface area contributed by atoms with Gasteiger partial charge >= 0.3 is 0 Å². The summed E-state index contributed by atoms with van der Waals surface area (Å²) >= 11 is 0. The Bertz CT molecular complexity index is 2320. The van der Waals surface area contributed by atoms with Gasteiger partial charge in [-0.05, 0) is 89.7 Å². The molecule has 0 bridgehead atoms. The van der Waals surface area contributed by atoms with Crippen LogP contribution in [0.2, 0.25) is 0 Å². The molecule has 3 nitrogen and oxygen atoms in total. The number of hydrogen-bond donors (Lipinski definition) is 2. The number of nitrogen functional groups attached to an aromatic ring is 1. The number of nitrogens with zero attached hydrogens (tertiary/aromatic N) is 1. The maximum atomic E-state index is 6.38. The van der Waals surface area contributed by atoms with Gasteiger partial charge in [0.2, 0.25) is 0 Å². The van der Waals surface area contributed by atoms with Crippen molar-refractivity contribution in [2.45, 2.75) is 13.3 Å². The maximum absolute atomic E-state index is 6.38. The number of hydrogen-bond acceptors (Lipinski definition) is 2. The zero-order valence-corrected chi connectivity index (χ0v) is 27.9. The Balaban J connectivity index is 1.14. The van der Waals surface area contributed by atoms with E-state index in [4.69, 9.17) is 5.73 Å². The van der Waals surface area contributed by atoms with Crippen molar-refractivity contribution in [1.82, 2.24) is 4.57 Å². The van der Waals surface area contributed by atoms with Crippen LogP contribution >= 0.6 is 0 Å². The molecular weight excluding hydrogens is 595 g/mol. The lowest BCUT2D eigenvalue weighted by Gasteiger charge is -2.12. The van der Waals surface area contributed by atoms with Crippen LogP contribution in [-0.2, 0) is 6.42 Å². The van der Waals surface area contributed by atoms with Crippen LogP contribution in [0.5, 0.6) is 0 Å². The normalized spacial score (nSPS) is 12.7. The van der Waals surface area contributed by atoms with Gasteiger partial charge in [-0.3, -0.25) is 0 Å². The molecule has 0 aliphatic carbocycles. The Kier molecular flexibility index (Phi) is 10.3. The predicted octanol–water partition coefficient (Wildman–Crippen LogP) is 9.76. The van der Waals surface area contributed by atoms with E-state index in [1.165, 1.54) is 10.9 Å². The second-order valence-corrected chi connectivity index (χ2v) is 11.8. The van der Waals surface area contributed by atoms with Gasteiger partial charge < -0.3 is 15.6 Å². The van der Waals surface area contributed by atoms with Crippen LogP contribution in [0.3, 0.4) is 0 Å². The molecule has 0 saturated heterocycles. The molecular formula is C46H41N3. The molecule has 1 aromatic heterocycles. The van der Waals surface area contributed by atoms with Crippen molar-refractivity contribution in [2.24, 2.45) is 0 Å². The first kappa shape index (κ1) is 32.6. The van der Waals surface area contributed by atoms with E-state index in [1.807, 2.05) is 54.8 Å². The van der Waals surface area contributed by atoms with E-state index < -0.39 is 0 Å². The van der Waals surface area contributed by atoms with E-state index in [0.29, 0.717) is 0 Å². The van der Waals surface area contributed by atoms with E-state index in [2.05, 4.69) is 151 Å². The van der Waals surface area contributed by atoms with E-state index in [0.717, 1.165) is 67.4 Å². The zero-order chi connectivity index (χ0) is 34.0. The highest BCUT2D eigenvalue weighted by Gasteiger charge is 2.10. The first-order valence-electron chi connectivity index (χ1n) is 16.5. The minimum atomic E-state index is 0.773. The van der Waals surface area contributed by atoms with Crippen LogP contribution in [-0.4, -0.2) is 4.57 Å². The fourth-order valence-electron chi connectivity index (χ4n) is 6.07. The third kappa shape index (κ3) is 7.64. The molecule has 240 valence electrons. The van der Waals surface area contributed by atoms with E-state index in [9.17, 15) is 0 Å². The fraction of sp³-hybridized carbons (Fsp3) is 0.0435. The Morgan fingerprint density at radius 2 is 1.47 bits per heavy atom. The minimum Gasteiger partial charge on any atom is -0.398 e. The summed E-state index contributed by atoms with van der Waals surface area (Å²) in [6.45, 7) is 10.7. The van der Waals surface area contributed by atoms with Crippen LogP contribution in [0, 0.1) is 0 Å². The average molecular weight is 636 g/mol. The molecule has 1 heterocycles. The minimum absolute atomic E-state index is 0.773. The molecule has 6 aromatic rings. The van der Waals surface area contributed by atoms with Gasteiger partial charge in [-0.2, -0.15) is 0 Å². The van der Waals surface area contributed by atoms with Gasteiger partial charge in [0.25, 0.3) is 0 Å². The summed E-state index contributed by atoms with van der Waals surface area (Å²) in [6, 6.07) is 45.9. The Morgan fingerprint density at radius 3 is 2.24 bits per heavy atom. The first-order valence-corrected chi connectivity index (χ1v) is 16.5. The quantitative estimate of drug-likeness (QED) is 0.110. The molecule has 0 amide bonds. The lowest BCUT2D eigenvalue weighted by molar-refractivity contribution is 1.07. The van der Waals surface area contributed by atoms with Gasteiger partial charge in [-0.15, -0.1) is 0 Å². The molecule has 0 aliphatic heterocycles.